The zero-order chi connectivity index (χ0) is 26.0. The molecule has 2 heterocycles. The van der Waals surface area contributed by atoms with Crippen molar-refractivity contribution in [2.45, 2.75) is 44.2 Å². The van der Waals surface area contributed by atoms with Crippen molar-refractivity contribution in [1.82, 2.24) is 14.7 Å². The number of benzene rings is 2. The van der Waals surface area contributed by atoms with Gasteiger partial charge in [-0.05, 0) is 42.9 Å². The van der Waals surface area contributed by atoms with Crippen LogP contribution in [0.2, 0.25) is 0 Å². The minimum Gasteiger partial charge on any atom is -0.508 e. The number of primary amides is 1. The van der Waals surface area contributed by atoms with Gasteiger partial charge < -0.3 is 16.2 Å². The Morgan fingerprint density at radius 3 is 2.49 bits per heavy atom. The van der Waals surface area contributed by atoms with Gasteiger partial charge in [0.1, 0.15) is 11.3 Å². The van der Waals surface area contributed by atoms with Gasteiger partial charge in [-0.1, -0.05) is 42.5 Å². The van der Waals surface area contributed by atoms with Gasteiger partial charge in [-0.3, -0.25) is 19.2 Å². The molecular formula is C28H30N6O3. The summed E-state index contributed by atoms with van der Waals surface area (Å²) in [5.41, 5.74) is 7.96. The number of anilines is 1. The number of aromatic nitrogens is 2. The molecule has 1 aliphatic heterocycles. The Kier molecular flexibility index (Phi) is 6.68. The Hall–Kier alpha value is -4.16. The molecule has 0 unspecified atom stereocenters. The van der Waals surface area contributed by atoms with Gasteiger partial charge in [0.05, 0.1) is 18.0 Å². The number of piperidine rings is 1. The molecule has 5 rings (SSSR count). The maximum absolute atomic E-state index is 12.3. The first-order valence-corrected chi connectivity index (χ1v) is 12.6. The van der Waals surface area contributed by atoms with E-state index in [9.17, 15) is 20.0 Å². The average Bonchev–Trinajstić information content (AvgIpc) is 3.67. The lowest BCUT2D eigenvalue weighted by Crippen LogP contribution is -2.46. The fraction of sp³-hybridized carbons (Fsp3) is 0.357. The largest absolute Gasteiger partial charge is 0.508 e. The van der Waals surface area contributed by atoms with Gasteiger partial charge in [0.15, 0.2) is 5.82 Å². The lowest BCUT2D eigenvalue weighted by Gasteiger charge is -2.40. The van der Waals surface area contributed by atoms with Crippen LogP contribution in [0.3, 0.4) is 0 Å². The second kappa shape index (κ2) is 10.1. The average molecular weight is 499 g/mol. The van der Waals surface area contributed by atoms with E-state index in [-0.39, 0.29) is 35.4 Å². The highest BCUT2D eigenvalue weighted by Crippen LogP contribution is 2.36. The summed E-state index contributed by atoms with van der Waals surface area (Å²) in [5, 5.41) is 27.6. The summed E-state index contributed by atoms with van der Waals surface area (Å²) in [4.78, 5) is 26.6. The fourth-order valence-electron chi connectivity index (χ4n) is 4.96. The molecule has 3 aromatic rings. The number of nitrogens with zero attached hydrogens (tertiary/aromatic N) is 4. The molecule has 1 aromatic heterocycles. The monoisotopic (exact) mass is 498 g/mol. The van der Waals surface area contributed by atoms with Crippen molar-refractivity contribution in [3.8, 4) is 22.9 Å². The van der Waals surface area contributed by atoms with Crippen LogP contribution in [0.15, 0.2) is 54.7 Å². The quantitative estimate of drug-likeness (QED) is 0.434. The molecule has 0 radical (unpaired) electrons. The van der Waals surface area contributed by atoms with Gasteiger partial charge in [-0.15, -0.1) is 0 Å². The highest BCUT2D eigenvalue weighted by Gasteiger charge is 2.39. The van der Waals surface area contributed by atoms with Crippen molar-refractivity contribution in [3.63, 3.8) is 0 Å². The minimum absolute atomic E-state index is 0.0413. The molecule has 190 valence electrons. The number of amides is 2. The molecule has 1 saturated heterocycles. The third kappa shape index (κ3) is 5.20. The maximum Gasteiger partial charge on any atom is 0.254 e. The molecule has 1 saturated carbocycles. The minimum atomic E-state index is -0.670. The first-order chi connectivity index (χ1) is 17.9. The van der Waals surface area contributed by atoms with Crippen molar-refractivity contribution in [2.24, 2.45) is 11.7 Å². The van der Waals surface area contributed by atoms with Gasteiger partial charge in [0.2, 0.25) is 5.91 Å². The number of nitriles is 1. The van der Waals surface area contributed by atoms with Crippen LogP contribution in [0.4, 0.5) is 5.82 Å². The smallest absolute Gasteiger partial charge is 0.254 e. The lowest BCUT2D eigenvalue weighted by molar-refractivity contribution is -0.117. The molecule has 0 bridgehead atoms. The van der Waals surface area contributed by atoms with Crippen LogP contribution in [0, 0.1) is 17.2 Å². The molecule has 0 atom stereocenters. The Labute approximate surface area is 215 Å². The van der Waals surface area contributed by atoms with E-state index in [2.05, 4.69) is 21.4 Å². The van der Waals surface area contributed by atoms with Gasteiger partial charge in [0, 0.05) is 37.3 Å². The second-order valence-corrected chi connectivity index (χ2v) is 10.0. The van der Waals surface area contributed by atoms with Crippen molar-refractivity contribution in [2.75, 3.05) is 18.4 Å². The van der Waals surface area contributed by atoms with E-state index < -0.39 is 11.4 Å². The molecule has 4 N–H and O–H groups in total. The summed E-state index contributed by atoms with van der Waals surface area (Å²) in [5.74, 6) is -0.455. The highest BCUT2D eigenvalue weighted by atomic mass is 16.3. The highest BCUT2D eigenvalue weighted by molar-refractivity contribution is 6.02. The molecule has 2 fully saturated rings. The Morgan fingerprint density at radius 2 is 1.86 bits per heavy atom. The summed E-state index contributed by atoms with van der Waals surface area (Å²) < 4.78 is 1.66. The van der Waals surface area contributed by atoms with Crippen LogP contribution in [0.1, 0.15) is 48.0 Å². The third-order valence-corrected chi connectivity index (χ3v) is 7.44. The molecule has 0 spiro atoms. The van der Waals surface area contributed by atoms with Gasteiger partial charge in [0.25, 0.3) is 5.91 Å². The van der Waals surface area contributed by atoms with Gasteiger partial charge in [-0.2, -0.15) is 10.4 Å². The molecular weight excluding hydrogens is 468 g/mol. The number of hydrogen-bond donors (Lipinski definition) is 3. The van der Waals surface area contributed by atoms with E-state index in [4.69, 9.17) is 5.73 Å². The summed E-state index contributed by atoms with van der Waals surface area (Å²) in [6, 6.07) is 18.0. The predicted molar refractivity (Wildman–Crippen MR) is 138 cm³/mol. The topological polar surface area (TPSA) is 137 Å². The molecule has 37 heavy (non-hydrogen) atoms. The van der Waals surface area contributed by atoms with E-state index in [1.807, 2.05) is 42.5 Å². The van der Waals surface area contributed by atoms with Gasteiger partial charge >= 0.3 is 0 Å². The van der Waals surface area contributed by atoms with Crippen molar-refractivity contribution < 1.29 is 14.7 Å². The van der Waals surface area contributed by atoms with Crippen molar-refractivity contribution in [1.29, 1.82) is 5.26 Å². The van der Waals surface area contributed by atoms with Crippen LogP contribution in [-0.2, 0) is 16.9 Å². The summed E-state index contributed by atoms with van der Waals surface area (Å²) >= 11 is 0. The lowest BCUT2D eigenvalue weighted by atomic mass is 9.84. The Bertz CT molecular complexity index is 1350. The van der Waals surface area contributed by atoms with Crippen LogP contribution in [0.5, 0.6) is 5.75 Å². The molecule has 2 amide bonds. The third-order valence-electron chi connectivity index (χ3n) is 7.44. The summed E-state index contributed by atoms with van der Waals surface area (Å²) in [7, 11) is 0. The predicted octanol–water partition coefficient (Wildman–Crippen LogP) is 3.61. The van der Waals surface area contributed by atoms with E-state index in [1.54, 1.807) is 16.9 Å². The van der Waals surface area contributed by atoms with Crippen molar-refractivity contribution in [3.05, 3.63) is 65.9 Å². The van der Waals surface area contributed by atoms with E-state index in [0.717, 1.165) is 29.5 Å². The molecule has 2 aromatic carbocycles. The van der Waals surface area contributed by atoms with E-state index in [0.29, 0.717) is 32.5 Å². The molecule has 9 heteroatoms. The zero-order valence-corrected chi connectivity index (χ0v) is 20.6. The molecule has 2 aliphatic rings. The summed E-state index contributed by atoms with van der Waals surface area (Å²) in [6.07, 6.45) is 4.69. The first-order valence-electron chi connectivity index (χ1n) is 12.6. The maximum atomic E-state index is 12.3. The molecule has 1 aliphatic carbocycles. The number of phenols is 1. The number of carbonyl (C=O) groups is 2. The van der Waals surface area contributed by atoms with E-state index >= 15 is 0 Å². The normalized spacial score (nSPS) is 17.2. The summed E-state index contributed by atoms with van der Waals surface area (Å²) in [6.45, 7) is 1.94. The Morgan fingerprint density at radius 1 is 1.14 bits per heavy atom. The first kappa shape index (κ1) is 24.5. The van der Waals surface area contributed by atoms with Gasteiger partial charge in [-0.25, -0.2) is 0 Å². The fourth-order valence-corrected chi connectivity index (χ4v) is 4.96. The standard InChI is InChI=1S/C28H30N6O3/c29-13-10-28(34-18-23(25(30)36)26(32-34)31-27(37)20-6-7-20)11-14-33(15-12-28)17-22-9-8-21(16-24(22)35)19-4-2-1-3-5-19/h1-5,8-9,16,18,20,35H,6-7,10-12,14-15,17H2,(H2,30,36)(H,31,32,37). The number of phenolic OH excluding ortho intramolecular Hbond substituents is 1. The van der Waals surface area contributed by atoms with Crippen LogP contribution in [0.25, 0.3) is 11.1 Å². The van der Waals surface area contributed by atoms with E-state index in [1.165, 1.54) is 0 Å². The van der Waals surface area contributed by atoms with Crippen LogP contribution in [-0.4, -0.2) is 44.7 Å². The number of likely N-dealkylation sites (tertiary alicyclic amines) is 1. The number of rotatable bonds is 8. The Balaban J connectivity index is 1.30. The second-order valence-electron chi connectivity index (χ2n) is 10.0. The zero-order valence-electron chi connectivity index (χ0n) is 20.6. The number of aromatic hydroxyl groups is 1. The van der Waals surface area contributed by atoms with Crippen LogP contribution < -0.4 is 11.1 Å². The van der Waals surface area contributed by atoms with Crippen LogP contribution >= 0.6 is 0 Å². The molecule has 9 nitrogen and oxygen atoms in total. The number of nitrogens with two attached hydrogens (primary N) is 1. The number of carbonyl (C=O) groups excluding carboxylic acids is 2. The number of hydrogen-bond acceptors (Lipinski definition) is 6. The van der Waals surface area contributed by atoms with Crippen molar-refractivity contribution >= 4 is 17.6 Å². The number of nitrogens with one attached hydrogen (secondary N) is 1. The SMILES string of the molecule is N#CCC1(n2cc(C(N)=O)c(NC(=O)C3CC3)n2)CCN(Cc2ccc(-c3ccccc3)cc2O)CC1.